The predicted octanol–water partition coefficient (Wildman–Crippen LogP) is 2.53. The molecule has 1 N–H and O–H groups in total. The van der Waals surface area contributed by atoms with Crippen molar-refractivity contribution in [3.63, 3.8) is 0 Å². The first-order chi connectivity index (χ1) is 9.24. The molecule has 1 aliphatic heterocycles. The van der Waals surface area contributed by atoms with E-state index in [1.807, 2.05) is 19.1 Å². The first-order valence-electron chi connectivity index (χ1n) is 6.89. The molecule has 2 rings (SSSR count). The summed E-state index contributed by atoms with van der Waals surface area (Å²) in [5.41, 5.74) is 1.17. The predicted molar refractivity (Wildman–Crippen MR) is 74.9 cm³/mol. The average molecular weight is 265 g/mol. The van der Waals surface area contributed by atoms with Crippen molar-refractivity contribution in [3.05, 3.63) is 23.8 Å². The topological polar surface area (TPSA) is 39.7 Å². The number of rotatable bonds is 6. The largest absolute Gasteiger partial charge is 0.497 e. The van der Waals surface area contributed by atoms with E-state index < -0.39 is 0 Å². The maximum absolute atomic E-state index is 5.69. The van der Waals surface area contributed by atoms with E-state index in [0.29, 0.717) is 12.1 Å². The maximum atomic E-state index is 5.69. The first-order valence-corrected chi connectivity index (χ1v) is 6.89. The molecule has 2 unspecified atom stereocenters. The van der Waals surface area contributed by atoms with E-state index in [9.17, 15) is 0 Å². The van der Waals surface area contributed by atoms with Gasteiger partial charge in [0, 0.05) is 30.7 Å². The Labute approximate surface area is 115 Å². The summed E-state index contributed by atoms with van der Waals surface area (Å²) in [6, 6.07) is 6.59. The monoisotopic (exact) mass is 265 g/mol. The van der Waals surface area contributed by atoms with Crippen LogP contribution in [0.5, 0.6) is 11.5 Å². The quantitative estimate of drug-likeness (QED) is 0.858. The van der Waals surface area contributed by atoms with Crippen LogP contribution in [0.1, 0.15) is 31.9 Å². The molecule has 19 heavy (non-hydrogen) atoms. The van der Waals surface area contributed by atoms with Crippen molar-refractivity contribution < 1.29 is 14.2 Å². The lowest BCUT2D eigenvalue weighted by molar-refractivity contribution is 0.119. The third-order valence-electron chi connectivity index (χ3n) is 3.31. The Morgan fingerprint density at radius 2 is 2.32 bits per heavy atom. The van der Waals surface area contributed by atoms with Crippen molar-refractivity contribution in [2.75, 3.05) is 26.9 Å². The Morgan fingerprint density at radius 3 is 3.05 bits per heavy atom. The SMILES string of the molecule is CCOCC(C)NC1CCOc2ccc(OC)cc21. The van der Waals surface area contributed by atoms with Gasteiger partial charge in [0.1, 0.15) is 11.5 Å². The molecule has 0 radical (unpaired) electrons. The number of ether oxygens (including phenoxy) is 3. The fraction of sp³-hybridized carbons (Fsp3) is 0.600. The third kappa shape index (κ3) is 3.61. The number of benzene rings is 1. The molecule has 0 fully saturated rings. The van der Waals surface area contributed by atoms with Gasteiger partial charge in [-0.1, -0.05) is 0 Å². The zero-order valence-electron chi connectivity index (χ0n) is 11.9. The van der Waals surface area contributed by atoms with E-state index >= 15 is 0 Å². The number of methoxy groups -OCH3 is 1. The number of hydrogen-bond donors (Lipinski definition) is 1. The van der Waals surface area contributed by atoms with Gasteiger partial charge in [-0.3, -0.25) is 0 Å². The van der Waals surface area contributed by atoms with E-state index in [4.69, 9.17) is 14.2 Å². The van der Waals surface area contributed by atoms with Crippen LogP contribution in [-0.4, -0.2) is 33.0 Å². The summed E-state index contributed by atoms with van der Waals surface area (Å²) < 4.78 is 16.4. The highest BCUT2D eigenvalue weighted by molar-refractivity contribution is 5.43. The molecule has 2 atom stereocenters. The molecule has 0 amide bonds. The van der Waals surface area contributed by atoms with Gasteiger partial charge >= 0.3 is 0 Å². The van der Waals surface area contributed by atoms with E-state index in [-0.39, 0.29) is 0 Å². The van der Waals surface area contributed by atoms with Crippen molar-refractivity contribution in [3.8, 4) is 11.5 Å². The minimum atomic E-state index is 0.300. The zero-order valence-corrected chi connectivity index (χ0v) is 11.9. The lowest BCUT2D eigenvalue weighted by atomic mass is 9.99. The summed E-state index contributed by atoms with van der Waals surface area (Å²) in [5, 5.41) is 3.60. The molecule has 0 saturated carbocycles. The van der Waals surface area contributed by atoms with Crippen LogP contribution in [0.3, 0.4) is 0 Å². The molecule has 0 saturated heterocycles. The van der Waals surface area contributed by atoms with E-state index in [1.165, 1.54) is 5.56 Å². The molecule has 0 bridgehead atoms. The van der Waals surface area contributed by atoms with Gasteiger partial charge in [0.25, 0.3) is 0 Å². The lowest BCUT2D eigenvalue weighted by Crippen LogP contribution is -2.36. The summed E-state index contributed by atoms with van der Waals surface area (Å²) in [5.74, 6) is 1.82. The van der Waals surface area contributed by atoms with Gasteiger partial charge in [-0.25, -0.2) is 0 Å². The highest BCUT2D eigenvalue weighted by atomic mass is 16.5. The van der Waals surface area contributed by atoms with E-state index in [1.54, 1.807) is 7.11 Å². The van der Waals surface area contributed by atoms with Gasteiger partial charge in [0.15, 0.2) is 0 Å². The summed E-state index contributed by atoms with van der Waals surface area (Å²) in [7, 11) is 1.69. The Bertz CT molecular complexity index is 408. The highest BCUT2D eigenvalue weighted by Crippen LogP contribution is 2.34. The van der Waals surface area contributed by atoms with Crippen LogP contribution in [0.2, 0.25) is 0 Å². The molecule has 0 spiro atoms. The Kier molecular flexibility index (Phi) is 5.05. The van der Waals surface area contributed by atoms with Crippen LogP contribution in [-0.2, 0) is 4.74 Å². The standard InChI is InChI=1S/C15H23NO3/c1-4-18-10-11(2)16-14-7-8-19-15-6-5-12(17-3)9-13(14)15/h5-6,9,11,14,16H,4,7-8,10H2,1-3H3. The highest BCUT2D eigenvalue weighted by Gasteiger charge is 2.23. The van der Waals surface area contributed by atoms with Gasteiger partial charge in [-0.15, -0.1) is 0 Å². The number of nitrogens with one attached hydrogen (secondary N) is 1. The van der Waals surface area contributed by atoms with Gasteiger partial charge in [0.05, 0.1) is 20.3 Å². The molecular formula is C15H23NO3. The molecule has 1 heterocycles. The summed E-state index contributed by atoms with van der Waals surface area (Å²) >= 11 is 0. The van der Waals surface area contributed by atoms with Crippen LogP contribution in [0, 0.1) is 0 Å². The van der Waals surface area contributed by atoms with Crippen molar-refractivity contribution >= 4 is 0 Å². The van der Waals surface area contributed by atoms with Gasteiger partial charge in [-0.2, -0.15) is 0 Å². The van der Waals surface area contributed by atoms with Crippen molar-refractivity contribution in [2.45, 2.75) is 32.4 Å². The molecular weight excluding hydrogens is 242 g/mol. The van der Waals surface area contributed by atoms with Crippen LogP contribution in [0.25, 0.3) is 0 Å². The second-order valence-electron chi connectivity index (χ2n) is 4.82. The minimum Gasteiger partial charge on any atom is -0.497 e. The second kappa shape index (κ2) is 6.78. The smallest absolute Gasteiger partial charge is 0.124 e. The van der Waals surface area contributed by atoms with Crippen LogP contribution >= 0.6 is 0 Å². The molecule has 106 valence electrons. The van der Waals surface area contributed by atoms with E-state index in [2.05, 4.69) is 18.3 Å². The number of fused-ring (bicyclic) bond motifs is 1. The van der Waals surface area contributed by atoms with Crippen LogP contribution < -0.4 is 14.8 Å². The average Bonchev–Trinajstić information content (AvgIpc) is 2.45. The molecule has 1 aliphatic rings. The van der Waals surface area contributed by atoms with Crippen molar-refractivity contribution in [1.29, 1.82) is 0 Å². The van der Waals surface area contributed by atoms with Crippen molar-refractivity contribution in [1.82, 2.24) is 5.32 Å². The molecule has 0 aromatic heterocycles. The fourth-order valence-corrected chi connectivity index (χ4v) is 2.36. The molecule has 0 aliphatic carbocycles. The fourth-order valence-electron chi connectivity index (χ4n) is 2.36. The minimum absolute atomic E-state index is 0.300. The maximum Gasteiger partial charge on any atom is 0.124 e. The van der Waals surface area contributed by atoms with E-state index in [0.717, 1.165) is 37.7 Å². The second-order valence-corrected chi connectivity index (χ2v) is 4.82. The van der Waals surface area contributed by atoms with Gasteiger partial charge in [0.2, 0.25) is 0 Å². The molecule has 1 aromatic rings. The third-order valence-corrected chi connectivity index (χ3v) is 3.31. The Morgan fingerprint density at radius 1 is 1.47 bits per heavy atom. The molecule has 4 heteroatoms. The Hall–Kier alpha value is -1.26. The lowest BCUT2D eigenvalue weighted by Gasteiger charge is -2.29. The molecule has 1 aromatic carbocycles. The van der Waals surface area contributed by atoms with Gasteiger partial charge < -0.3 is 19.5 Å². The summed E-state index contributed by atoms with van der Waals surface area (Å²) in [6.45, 7) is 6.39. The zero-order chi connectivity index (χ0) is 13.7. The van der Waals surface area contributed by atoms with Gasteiger partial charge in [-0.05, 0) is 32.0 Å². The summed E-state index contributed by atoms with van der Waals surface area (Å²) in [4.78, 5) is 0. The summed E-state index contributed by atoms with van der Waals surface area (Å²) in [6.07, 6.45) is 0.969. The molecule has 4 nitrogen and oxygen atoms in total. The normalized spacial score (nSPS) is 19.4. The first kappa shape index (κ1) is 14.2. The van der Waals surface area contributed by atoms with Crippen LogP contribution in [0.4, 0.5) is 0 Å². The Balaban J connectivity index is 2.07. The van der Waals surface area contributed by atoms with Crippen molar-refractivity contribution in [2.24, 2.45) is 0 Å². The van der Waals surface area contributed by atoms with Crippen LogP contribution in [0.15, 0.2) is 18.2 Å². The number of hydrogen-bond acceptors (Lipinski definition) is 4.